The maximum Gasteiger partial charge on any atom is 0.410 e. The molecule has 0 radical (unpaired) electrons. The van der Waals surface area contributed by atoms with Crippen molar-refractivity contribution in [2.24, 2.45) is 0 Å². The summed E-state index contributed by atoms with van der Waals surface area (Å²) in [4.78, 5) is 26.2. The molecule has 7 nitrogen and oxygen atoms in total. The van der Waals surface area contributed by atoms with E-state index < -0.39 is 11.6 Å². The van der Waals surface area contributed by atoms with Crippen LogP contribution in [0.2, 0.25) is 0 Å². The van der Waals surface area contributed by atoms with Gasteiger partial charge in [-0.1, -0.05) is 0 Å². The summed E-state index contributed by atoms with van der Waals surface area (Å²) in [6.07, 6.45) is -0.387. The van der Waals surface area contributed by atoms with Gasteiger partial charge in [-0.15, -0.1) is 0 Å². The van der Waals surface area contributed by atoms with Gasteiger partial charge in [0.25, 0.3) is 0 Å². The standard InChI is InChI=1S/C15H22IN3O4/c1-6-22-13(20)11-10-8-18(14(21)23-15(3,4)5)9(2)7-19(10)17-12(11)16/h9H,6-8H2,1-5H3. The van der Waals surface area contributed by atoms with Crippen LogP contribution in [0.25, 0.3) is 0 Å². The molecule has 2 rings (SSSR count). The average Bonchev–Trinajstić information content (AvgIpc) is 2.70. The van der Waals surface area contributed by atoms with E-state index >= 15 is 0 Å². The van der Waals surface area contributed by atoms with Crippen LogP contribution in [0.3, 0.4) is 0 Å². The van der Waals surface area contributed by atoms with Crippen LogP contribution in [-0.4, -0.2) is 45.0 Å². The molecule has 1 unspecified atom stereocenters. The molecule has 0 bridgehead atoms. The van der Waals surface area contributed by atoms with Gasteiger partial charge in [-0.2, -0.15) is 5.10 Å². The van der Waals surface area contributed by atoms with E-state index in [0.717, 1.165) is 0 Å². The van der Waals surface area contributed by atoms with Gasteiger partial charge in [-0.05, 0) is 57.2 Å². The van der Waals surface area contributed by atoms with Crippen LogP contribution in [-0.2, 0) is 22.6 Å². The Labute approximate surface area is 149 Å². The predicted octanol–water partition coefficient (Wildman–Crippen LogP) is 2.80. The molecule has 2 heterocycles. The van der Waals surface area contributed by atoms with Gasteiger partial charge in [0.15, 0.2) is 0 Å². The first-order valence-electron chi connectivity index (χ1n) is 7.56. The fraction of sp³-hybridized carbons (Fsp3) is 0.667. The number of nitrogens with zero attached hydrogens (tertiary/aromatic N) is 3. The van der Waals surface area contributed by atoms with Crippen molar-refractivity contribution in [3.8, 4) is 0 Å². The molecule has 0 aliphatic carbocycles. The van der Waals surface area contributed by atoms with Crippen molar-refractivity contribution in [2.45, 2.75) is 59.4 Å². The van der Waals surface area contributed by atoms with Gasteiger partial charge in [0, 0.05) is 0 Å². The lowest BCUT2D eigenvalue weighted by molar-refractivity contribution is 0.00866. The Hall–Kier alpha value is -1.32. The average molecular weight is 435 g/mol. The van der Waals surface area contributed by atoms with Crippen molar-refractivity contribution in [1.29, 1.82) is 0 Å². The molecule has 1 aromatic heterocycles. The number of halogens is 1. The summed E-state index contributed by atoms with van der Waals surface area (Å²) in [6.45, 7) is 10.3. The van der Waals surface area contributed by atoms with Crippen LogP contribution in [0.15, 0.2) is 0 Å². The zero-order chi connectivity index (χ0) is 17.4. The molecule has 0 aromatic carbocycles. The smallest absolute Gasteiger partial charge is 0.410 e. The SMILES string of the molecule is CCOC(=O)c1c(I)nn2c1CN(C(=O)OC(C)(C)C)C(C)C2. The molecule has 8 heteroatoms. The highest BCUT2D eigenvalue weighted by Gasteiger charge is 2.35. The van der Waals surface area contributed by atoms with Crippen molar-refractivity contribution in [2.75, 3.05) is 6.61 Å². The highest BCUT2D eigenvalue weighted by atomic mass is 127. The molecular formula is C15H22IN3O4. The summed E-state index contributed by atoms with van der Waals surface area (Å²) in [5.41, 5.74) is 0.567. The number of ether oxygens (including phenoxy) is 2. The number of hydrogen-bond donors (Lipinski definition) is 0. The van der Waals surface area contributed by atoms with Crippen LogP contribution in [0.1, 0.15) is 50.7 Å². The van der Waals surface area contributed by atoms with Crippen LogP contribution in [0, 0.1) is 3.70 Å². The van der Waals surface area contributed by atoms with Crippen molar-refractivity contribution in [1.82, 2.24) is 14.7 Å². The van der Waals surface area contributed by atoms with E-state index in [1.165, 1.54) is 0 Å². The van der Waals surface area contributed by atoms with Crippen LogP contribution in [0.4, 0.5) is 4.79 Å². The largest absolute Gasteiger partial charge is 0.462 e. The number of fused-ring (bicyclic) bond motifs is 1. The Morgan fingerprint density at radius 1 is 1.39 bits per heavy atom. The van der Waals surface area contributed by atoms with Gasteiger partial charge in [-0.25, -0.2) is 9.59 Å². The van der Waals surface area contributed by atoms with Crippen molar-refractivity contribution >= 4 is 34.7 Å². The lowest BCUT2D eigenvalue weighted by atomic mass is 10.1. The van der Waals surface area contributed by atoms with Crippen LogP contribution < -0.4 is 0 Å². The molecule has 1 aliphatic heterocycles. The molecule has 1 atom stereocenters. The molecule has 1 amide bonds. The van der Waals surface area contributed by atoms with Gasteiger partial charge >= 0.3 is 12.1 Å². The quantitative estimate of drug-likeness (QED) is 0.528. The third kappa shape index (κ3) is 3.96. The summed E-state index contributed by atoms with van der Waals surface area (Å²) in [5.74, 6) is -0.406. The lowest BCUT2D eigenvalue weighted by Crippen LogP contribution is -2.47. The van der Waals surface area contributed by atoms with Crippen molar-refractivity contribution < 1.29 is 19.1 Å². The molecule has 0 saturated heterocycles. The van der Waals surface area contributed by atoms with Gasteiger partial charge in [0.2, 0.25) is 0 Å². The monoisotopic (exact) mass is 435 g/mol. The normalized spacial score (nSPS) is 17.7. The van der Waals surface area contributed by atoms with E-state index in [2.05, 4.69) is 5.10 Å². The maximum absolute atomic E-state index is 12.4. The molecule has 0 N–H and O–H groups in total. The second kappa shape index (κ2) is 6.66. The summed E-state index contributed by atoms with van der Waals surface area (Å²) in [5, 5.41) is 4.40. The number of carbonyl (C=O) groups excluding carboxylic acids is 2. The van der Waals surface area contributed by atoms with E-state index in [9.17, 15) is 9.59 Å². The lowest BCUT2D eigenvalue weighted by Gasteiger charge is -2.35. The topological polar surface area (TPSA) is 73.7 Å². The molecule has 128 valence electrons. The Bertz CT molecular complexity index is 621. The maximum atomic E-state index is 12.4. The highest BCUT2D eigenvalue weighted by Crippen LogP contribution is 2.26. The number of esters is 1. The van der Waals surface area contributed by atoms with Crippen molar-refractivity contribution in [3.05, 3.63) is 15.0 Å². The first-order valence-corrected chi connectivity index (χ1v) is 8.63. The van der Waals surface area contributed by atoms with E-state index in [1.807, 2.05) is 50.3 Å². The summed E-state index contributed by atoms with van der Waals surface area (Å²) in [6, 6.07) is -0.0666. The van der Waals surface area contributed by atoms with Crippen LogP contribution >= 0.6 is 22.6 Å². The summed E-state index contributed by atoms with van der Waals surface area (Å²) >= 11 is 2.02. The molecule has 0 saturated carbocycles. The summed E-state index contributed by atoms with van der Waals surface area (Å²) < 4.78 is 12.9. The van der Waals surface area contributed by atoms with Gasteiger partial charge in [0.1, 0.15) is 14.9 Å². The molecule has 1 aromatic rings. The Kier molecular flexibility index (Phi) is 5.22. The molecule has 0 spiro atoms. The first kappa shape index (κ1) is 18.0. The second-order valence-corrected chi connectivity index (χ2v) is 7.49. The Morgan fingerprint density at radius 2 is 2.04 bits per heavy atom. The van der Waals surface area contributed by atoms with E-state index in [0.29, 0.717) is 28.1 Å². The summed E-state index contributed by atoms with van der Waals surface area (Å²) in [7, 11) is 0. The molecular weight excluding hydrogens is 413 g/mol. The number of carbonyl (C=O) groups is 2. The predicted molar refractivity (Wildman–Crippen MR) is 92.1 cm³/mol. The van der Waals surface area contributed by atoms with Gasteiger partial charge in [-0.3, -0.25) is 9.58 Å². The van der Waals surface area contributed by atoms with Gasteiger partial charge < -0.3 is 9.47 Å². The zero-order valence-electron chi connectivity index (χ0n) is 14.1. The second-order valence-electron chi connectivity index (χ2n) is 6.47. The Morgan fingerprint density at radius 3 is 2.61 bits per heavy atom. The van der Waals surface area contributed by atoms with E-state index in [4.69, 9.17) is 9.47 Å². The third-order valence-electron chi connectivity index (χ3n) is 3.41. The number of amides is 1. The fourth-order valence-electron chi connectivity index (χ4n) is 2.41. The first-order chi connectivity index (χ1) is 10.6. The van der Waals surface area contributed by atoms with Gasteiger partial charge in [0.05, 0.1) is 31.4 Å². The third-order valence-corrected chi connectivity index (χ3v) is 4.17. The highest BCUT2D eigenvalue weighted by molar-refractivity contribution is 14.1. The van der Waals surface area contributed by atoms with Crippen molar-refractivity contribution in [3.63, 3.8) is 0 Å². The minimum absolute atomic E-state index is 0.0666. The molecule has 0 fully saturated rings. The fourth-order valence-corrected chi connectivity index (χ4v) is 3.20. The number of rotatable bonds is 2. The minimum atomic E-state index is -0.563. The van der Waals surface area contributed by atoms with E-state index in [-0.39, 0.29) is 18.7 Å². The zero-order valence-corrected chi connectivity index (χ0v) is 16.2. The molecule has 1 aliphatic rings. The van der Waals surface area contributed by atoms with E-state index in [1.54, 1.807) is 16.5 Å². The Balaban J connectivity index is 2.30. The number of aromatic nitrogens is 2. The molecule has 23 heavy (non-hydrogen) atoms. The minimum Gasteiger partial charge on any atom is -0.462 e. The number of hydrogen-bond acceptors (Lipinski definition) is 5. The van der Waals surface area contributed by atoms with Crippen LogP contribution in [0.5, 0.6) is 0 Å².